The molecule has 1 saturated heterocycles. The minimum Gasteiger partial charge on any atom is -0.481 e. The number of thiocarbonyl (C=S) groups is 1. The van der Waals surface area contributed by atoms with Crippen molar-refractivity contribution in [1.82, 2.24) is 9.47 Å². The lowest BCUT2D eigenvalue weighted by molar-refractivity contribution is -0.137. The number of furan rings is 1. The van der Waals surface area contributed by atoms with E-state index in [9.17, 15) is 9.59 Å². The fourth-order valence-corrected chi connectivity index (χ4v) is 4.63. The average Bonchev–Trinajstić information content (AvgIpc) is 3.33. The maximum Gasteiger partial charge on any atom is 0.303 e. The number of aryl methyl sites for hydroxylation is 1. The summed E-state index contributed by atoms with van der Waals surface area (Å²) in [5, 5.41) is 8.70. The number of aliphatic carboxylic acids is 1. The molecule has 2 aromatic rings. The average molecular weight is 433 g/mol. The highest BCUT2D eigenvalue weighted by atomic mass is 32.2. The van der Waals surface area contributed by atoms with Crippen LogP contribution in [-0.2, 0) is 16.1 Å². The summed E-state index contributed by atoms with van der Waals surface area (Å²) < 4.78 is 8.17. The molecule has 154 valence electrons. The van der Waals surface area contributed by atoms with Gasteiger partial charge >= 0.3 is 5.97 Å². The molecule has 3 heterocycles. The van der Waals surface area contributed by atoms with Crippen LogP contribution in [0.4, 0.5) is 0 Å². The third-order valence-corrected chi connectivity index (χ3v) is 6.32. The van der Waals surface area contributed by atoms with Crippen LogP contribution in [0.15, 0.2) is 33.8 Å². The number of amides is 1. The predicted molar refractivity (Wildman–Crippen MR) is 118 cm³/mol. The van der Waals surface area contributed by atoms with Crippen molar-refractivity contribution >= 4 is 46.3 Å². The third kappa shape index (κ3) is 5.19. The van der Waals surface area contributed by atoms with E-state index >= 15 is 0 Å². The number of carboxylic acids is 1. The van der Waals surface area contributed by atoms with Crippen LogP contribution >= 0.6 is 24.0 Å². The number of thioether (sulfide) groups is 1. The molecule has 1 aliphatic rings. The lowest BCUT2D eigenvalue weighted by Crippen LogP contribution is -2.29. The molecule has 29 heavy (non-hydrogen) atoms. The Morgan fingerprint density at radius 3 is 2.79 bits per heavy atom. The van der Waals surface area contributed by atoms with Crippen molar-refractivity contribution < 1.29 is 19.1 Å². The van der Waals surface area contributed by atoms with Crippen molar-refractivity contribution in [3.63, 3.8) is 0 Å². The SMILES string of the molecule is Cc1cc(/C=C2\SC(=S)N(CCCCCC(=O)O)C2=O)c(C)n1Cc1ccco1. The zero-order chi connectivity index (χ0) is 21.0. The van der Waals surface area contributed by atoms with Gasteiger partial charge in [0.15, 0.2) is 0 Å². The Hall–Kier alpha value is -2.32. The highest BCUT2D eigenvalue weighted by Crippen LogP contribution is 2.34. The molecule has 0 radical (unpaired) electrons. The van der Waals surface area contributed by atoms with Crippen LogP contribution in [-0.4, -0.2) is 37.3 Å². The van der Waals surface area contributed by atoms with Gasteiger partial charge in [0.05, 0.1) is 17.7 Å². The topological polar surface area (TPSA) is 75.7 Å². The monoisotopic (exact) mass is 432 g/mol. The van der Waals surface area contributed by atoms with E-state index in [0.717, 1.165) is 35.6 Å². The van der Waals surface area contributed by atoms with Gasteiger partial charge in [0, 0.05) is 24.4 Å². The number of carbonyl (C=O) groups excluding carboxylic acids is 1. The molecule has 3 rings (SSSR count). The molecule has 8 heteroatoms. The van der Waals surface area contributed by atoms with Gasteiger partial charge in [0.2, 0.25) is 0 Å². The van der Waals surface area contributed by atoms with Gasteiger partial charge < -0.3 is 14.1 Å². The van der Waals surface area contributed by atoms with Gasteiger partial charge in [0.1, 0.15) is 10.1 Å². The molecule has 0 saturated carbocycles. The van der Waals surface area contributed by atoms with Gasteiger partial charge in [-0.3, -0.25) is 14.5 Å². The standard InChI is InChI=1S/C21H24N2O4S2/c1-14-11-16(15(2)23(14)13-17-7-6-10-27-17)12-18-20(26)22(21(28)29-18)9-5-3-4-8-19(24)25/h6-7,10-12H,3-5,8-9,13H2,1-2H3,(H,24,25)/b18-12-. The Bertz CT molecular complexity index is 944. The summed E-state index contributed by atoms with van der Waals surface area (Å²) in [5.74, 6) is 0.0184. The van der Waals surface area contributed by atoms with Crippen molar-refractivity contribution in [3.8, 4) is 0 Å². The van der Waals surface area contributed by atoms with E-state index in [4.69, 9.17) is 21.7 Å². The Morgan fingerprint density at radius 2 is 2.10 bits per heavy atom. The van der Waals surface area contributed by atoms with E-state index in [1.54, 1.807) is 11.2 Å². The van der Waals surface area contributed by atoms with E-state index in [2.05, 4.69) is 10.6 Å². The molecule has 1 fully saturated rings. The molecule has 0 aromatic carbocycles. The second-order valence-corrected chi connectivity index (χ2v) is 8.71. The van der Waals surface area contributed by atoms with Gasteiger partial charge in [-0.25, -0.2) is 0 Å². The Morgan fingerprint density at radius 1 is 1.31 bits per heavy atom. The van der Waals surface area contributed by atoms with Crippen LogP contribution < -0.4 is 0 Å². The molecule has 1 amide bonds. The summed E-state index contributed by atoms with van der Waals surface area (Å²) in [6, 6.07) is 5.88. The number of carboxylic acid groups (broad SMARTS) is 1. The molecule has 0 aliphatic carbocycles. The van der Waals surface area contributed by atoms with Gasteiger partial charge in [-0.05, 0) is 56.5 Å². The van der Waals surface area contributed by atoms with Gasteiger partial charge in [-0.2, -0.15) is 0 Å². The molecular weight excluding hydrogens is 408 g/mol. The number of hydrogen-bond donors (Lipinski definition) is 1. The van der Waals surface area contributed by atoms with E-state index < -0.39 is 5.97 Å². The molecule has 0 spiro atoms. The maximum atomic E-state index is 12.8. The highest BCUT2D eigenvalue weighted by molar-refractivity contribution is 8.26. The first-order chi connectivity index (χ1) is 13.9. The molecule has 0 unspecified atom stereocenters. The molecule has 0 atom stereocenters. The molecular formula is C21H24N2O4S2. The lowest BCUT2D eigenvalue weighted by atomic mass is 10.2. The normalized spacial score (nSPS) is 15.7. The predicted octanol–water partition coefficient (Wildman–Crippen LogP) is 4.59. The minimum atomic E-state index is -0.789. The molecule has 1 N–H and O–H groups in total. The van der Waals surface area contributed by atoms with Crippen molar-refractivity contribution in [1.29, 1.82) is 0 Å². The van der Waals surface area contributed by atoms with Gasteiger partial charge in [-0.15, -0.1) is 0 Å². The smallest absolute Gasteiger partial charge is 0.303 e. The first-order valence-corrected chi connectivity index (χ1v) is 10.8. The quantitative estimate of drug-likeness (QED) is 0.355. The van der Waals surface area contributed by atoms with Crippen LogP contribution in [0, 0.1) is 13.8 Å². The van der Waals surface area contributed by atoms with Crippen molar-refractivity contribution in [2.24, 2.45) is 0 Å². The van der Waals surface area contributed by atoms with Crippen LogP contribution in [0.3, 0.4) is 0 Å². The summed E-state index contributed by atoms with van der Waals surface area (Å²) in [5.41, 5.74) is 3.16. The van der Waals surface area contributed by atoms with Crippen LogP contribution in [0.5, 0.6) is 0 Å². The summed E-state index contributed by atoms with van der Waals surface area (Å²) in [6.07, 6.45) is 5.84. The van der Waals surface area contributed by atoms with Crippen molar-refractivity contribution in [3.05, 3.63) is 52.1 Å². The van der Waals surface area contributed by atoms with Crippen LogP contribution in [0.1, 0.15) is 48.4 Å². The second-order valence-electron chi connectivity index (χ2n) is 7.03. The maximum absolute atomic E-state index is 12.8. The number of hydrogen-bond acceptors (Lipinski definition) is 5. The number of unbranched alkanes of at least 4 members (excludes halogenated alkanes) is 2. The molecule has 2 aromatic heterocycles. The first-order valence-electron chi connectivity index (χ1n) is 9.53. The summed E-state index contributed by atoms with van der Waals surface area (Å²) >= 11 is 6.71. The van der Waals surface area contributed by atoms with E-state index in [0.29, 0.717) is 28.7 Å². The number of aromatic nitrogens is 1. The Balaban J connectivity index is 1.67. The van der Waals surface area contributed by atoms with Gasteiger partial charge in [0.25, 0.3) is 5.91 Å². The van der Waals surface area contributed by atoms with Crippen LogP contribution in [0.2, 0.25) is 0 Å². The van der Waals surface area contributed by atoms with E-state index in [-0.39, 0.29) is 12.3 Å². The third-order valence-electron chi connectivity index (χ3n) is 4.94. The molecule has 0 bridgehead atoms. The largest absolute Gasteiger partial charge is 0.481 e. The van der Waals surface area contributed by atoms with E-state index in [1.807, 2.05) is 32.1 Å². The lowest BCUT2D eigenvalue weighted by Gasteiger charge is -2.13. The number of rotatable bonds is 9. The summed E-state index contributed by atoms with van der Waals surface area (Å²) in [7, 11) is 0. The zero-order valence-electron chi connectivity index (χ0n) is 16.5. The van der Waals surface area contributed by atoms with Crippen molar-refractivity contribution in [2.45, 2.75) is 46.1 Å². The molecule has 6 nitrogen and oxygen atoms in total. The van der Waals surface area contributed by atoms with Crippen LogP contribution in [0.25, 0.3) is 6.08 Å². The first kappa shape index (κ1) is 21.4. The zero-order valence-corrected chi connectivity index (χ0v) is 18.1. The summed E-state index contributed by atoms with van der Waals surface area (Å²) in [4.78, 5) is 25.6. The fraction of sp³-hybridized carbons (Fsp3) is 0.381. The number of nitrogens with zero attached hydrogens (tertiary/aromatic N) is 2. The van der Waals surface area contributed by atoms with E-state index in [1.165, 1.54) is 11.8 Å². The van der Waals surface area contributed by atoms with Gasteiger partial charge in [-0.1, -0.05) is 30.4 Å². The highest BCUT2D eigenvalue weighted by Gasteiger charge is 2.31. The summed E-state index contributed by atoms with van der Waals surface area (Å²) in [6.45, 7) is 5.25. The minimum absolute atomic E-state index is 0.0749. The Kier molecular flexibility index (Phi) is 6.97. The second kappa shape index (κ2) is 9.45. The Labute approximate surface area is 179 Å². The fourth-order valence-electron chi connectivity index (χ4n) is 3.33. The van der Waals surface area contributed by atoms with Crippen molar-refractivity contribution in [2.75, 3.05) is 6.54 Å². The number of carbonyl (C=O) groups is 2. The molecule has 1 aliphatic heterocycles.